The van der Waals surface area contributed by atoms with E-state index in [9.17, 15) is 0 Å². The molecule has 0 saturated carbocycles. The van der Waals surface area contributed by atoms with Crippen LogP contribution in [0.1, 0.15) is 35.4 Å². The molecule has 1 heterocycles. The van der Waals surface area contributed by atoms with E-state index >= 15 is 0 Å². The van der Waals surface area contributed by atoms with E-state index in [4.69, 9.17) is 22.1 Å². The van der Waals surface area contributed by atoms with Crippen LogP contribution in [0, 0.1) is 0 Å². The first-order valence-corrected chi connectivity index (χ1v) is 10.1. The molecule has 0 radical (unpaired) electrons. The third kappa shape index (κ3) is 4.60. The second kappa shape index (κ2) is 9.29. The molecule has 0 bridgehead atoms. The van der Waals surface area contributed by atoms with Crippen molar-refractivity contribution < 1.29 is 4.74 Å². The van der Waals surface area contributed by atoms with Crippen molar-refractivity contribution in [3.63, 3.8) is 0 Å². The zero-order chi connectivity index (χ0) is 17.9. The van der Waals surface area contributed by atoms with Gasteiger partial charge >= 0.3 is 0 Å². The number of hydrogen-bond acceptors (Lipinski definition) is 3. The van der Waals surface area contributed by atoms with E-state index in [-0.39, 0.29) is 12.4 Å². The molecular weight excluding hydrogens is 379 g/mol. The number of nitrogens with zero attached hydrogens (tertiary/aromatic N) is 1. The van der Waals surface area contributed by atoms with E-state index in [1.165, 1.54) is 42.6 Å². The first-order chi connectivity index (χ1) is 12.7. The standard InChI is InChI=1S/C22H27ClN2O.ClH/c23-18-4-1-3-16(13-18)14-21-20-15-19(26-12-9-24)7-5-17(20)6-8-22(21)25-10-2-11-25;/h1,3-5,7,13,15,21-22H,2,6,8-12,14,24H2;1H. The Balaban J connectivity index is 0.00000210. The van der Waals surface area contributed by atoms with Crippen molar-refractivity contribution in [1.82, 2.24) is 4.90 Å². The topological polar surface area (TPSA) is 38.5 Å². The Morgan fingerprint density at radius 3 is 2.70 bits per heavy atom. The maximum Gasteiger partial charge on any atom is 0.119 e. The highest BCUT2D eigenvalue weighted by atomic mass is 35.5. The van der Waals surface area contributed by atoms with Crippen molar-refractivity contribution >= 4 is 24.0 Å². The molecule has 0 aromatic heterocycles. The van der Waals surface area contributed by atoms with Crippen LogP contribution in [0.2, 0.25) is 5.02 Å². The molecule has 2 unspecified atom stereocenters. The van der Waals surface area contributed by atoms with Crippen molar-refractivity contribution in [2.24, 2.45) is 5.73 Å². The molecule has 1 aliphatic carbocycles. The summed E-state index contributed by atoms with van der Waals surface area (Å²) < 4.78 is 5.82. The van der Waals surface area contributed by atoms with Crippen LogP contribution in [0.5, 0.6) is 5.75 Å². The minimum absolute atomic E-state index is 0. The van der Waals surface area contributed by atoms with Crippen LogP contribution in [0.3, 0.4) is 0 Å². The summed E-state index contributed by atoms with van der Waals surface area (Å²) in [5.74, 6) is 1.42. The van der Waals surface area contributed by atoms with Gasteiger partial charge in [-0.3, -0.25) is 4.90 Å². The first-order valence-electron chi connectivity index (χ1n) is 9.69. The van der Waals surface area contributed by atoms with Gasteiger partial charge in [-0.2, -0.15) is 0 Å². The number of likely N-dealkylation sites (tertiary alicyclic amines) is 1. The van der Waals surface area contributed by atoms with Crippen molar-refractivity contribution in [2.75, 3.05) is 26.2 Å². The average Bonchev–Trinajstić information content (AvgIpc) is 2.60. The summed E-state index contributed by atoms with van der Waals surface area (Å²) in [5.41, 5.74) is 9.83. The van der Waals surface area contributed by atoms with Crippen LogP contribution in [-0.2, 0) is 12.8 Å². The second-order valence-corrected chi connectivity index (χ2v) is 7.87. The van der Waals surface area contributed by atoms with E-state index in [1.807, 2.05) is 6.07 Å². The fourth-order valence-corrected chi connectivity index (χ4v) is 4.61. The van der Waals surface area contributed by atoms with Crippen LogP contribution in [0.4, 0.5) is 0 Å². The lowest BCUT2D eigenvalue weighted by atomic mass is 9.75. The molecule has 2 aliphatic rings. The number of nitrogens with two attached hydrogens (primary N) is 1. The number of benzene rings is 2. The Kier molecular flexibility index (Phi) is 7.04. The van der Waals surface area contributed by atoms with Crippen molar-refractivity contribution in [3.8, 4) is 5.75 Å². The molecular formula is C22H28Cl2N2O. The summed E-state index contributed by atoms with van der Waals surface area (Å²) in [6.45, 7) is 3.57. The van der Waals surface area contributed by atoms with Crippen LogP contribution >= 0.6 is 24.0 Å². The highest BCUT2D eigenvalue weighted by molar-refractivity contribution is 6.30. The van der Waals surface area contributed by atoms with Gasteiger partial charge in [-0.05, 0) is 79.7 Å². The van der Waals surface area contributed by atoms with Crippen LogP contribution < -0.4 is 10.5 Å². The minimum Gasteiger partial charge on any atom is -0.492 e. The van der Waals surface area contributed by atoms with Gasteiger partial charge in [0.1, 0.15) is 12.4 Å². The van der Waals surface area contributed by atoms with E-state index in [0.29, 0.717) is 25.1 Å². The van der Waals surface area contributed by atoms with E-state index in [0.717, 1.165) is 23.6 Å². The molecule has 2 aromatic rings. The Morgan fingerprint density at radius 2 is 2.00 bits per heavy atom. The zero-order valence-corrected chi connectivity index (χ0v) is 17.1. The Hall–Kier alpha value is -1.26. The summed E-state index contributed by atoms with van der Waals surface area (Å²) in [6.07, 6.45) is 4.74. The van der Waals surface area contributed by atoms with Crippen molar-refractivity contribution in [1.29, 1.82) is 0 Å². The summed E-state index contributed by atoms with van der Waals surface area (Å²) >= 11 is 6.24. The zero-order valence-electron chi connectivity index (χ0n) is 15.6. The maximum absolute atomic E-state index is 6.24. The number of halogens is 2. The van der Waals surface area contributed by atoms with Crippen LogP contribution in [-0.4, -0.2) is 37.2 Å². The smallest absolute Gasteiger partial charge is 0.119 e. The van der Waals surface area contributed by atoms with Crippen LogP contribution in [0.15, 0.2) is 42.5 Å². The number of hydrogen-bond donors (Lipinski definition) is 1. The number of aryl methyl sites for hydroxylation is 1. The summed E-state index contributed by atoms with van der Waals surface area (Å²) in [6, 6.07) is 15.5. The van der Waals surface area contributed by atoms with E-state index < -0.39 is 0 Å². The summed E-state index contributed by atoms with van der Waals surface area (Å²) in [5, 5.41) is 0.819. The minimum atomic E-state index is 0. The SMILES string of the molecule is Cl.NCCOc1ccc2c(c1)C(Cc1cccc(Cl)c1)C(N1CCC1)CC2. The molecule has 5 heteroatoms. The van der Waals surface area contributed by atoms with Gasteiger partial charge in [-0.25, -0.2) is 0 Å². The van der Waals surface area contributed by atoms with Crippen molar-refractivity contribution in [3.05, 3.63) is 64.2 Å². The van der Waals surface area contributed by atoms with Gasteiger partial charge in [0.05, 0.1) is 0 Å². The third-order valence-electron chi connectivity index (χ3n) is 5.78. The molecule has 27 heavy (non-hydrogen) atoms. The molecule has 2 aromatic carbocycles. The summed E-state index contributed by atoms with van der Waals surface area (Å²) in [4.78, 5) is 2.66. The number of fused-ring (bicyclic) bond motifs is 1. The molecule has 3 nitrogen and oxygen atoms in total. The quantitative estimate of drug-likeness (QED) is 0.769. The monoisotopic (exact) mass is 406 g/mol. The molecule has 4 rings (SSSR count). The van der Waals surface area contributed by atoms with Gasteiger partial charge in [0, 0.05) is 23.5 Å². The largest absolute Gasteiger partial charge is 0.492 e. The van der Waals surface area contributed by atoms with Gasteiger partial charge in [0.2, 0.25) is 0 Å². The van der Waals surface area contributed by atoms with Crippen LogP contribution in [0.25, 0.3) is 0 Å². The maximum atomic E-state index is 6.24. The lowest BCUT2D eigenvalue weighted by Crippen LogP contribution is -2.49. The highest BCUT2D eigenvalue weighted by Crippen LogP contribution is 2.40. The predicted octanol–water partition coefficient (Wildman–Crippen LogP) is 4.45. The predicted molar refractivity (Wildman–Crippen MR) is 114 cm³/mol. The van der Waals surface area contributed by atoms with E-state index in [2.05, 4.69) is 41.3 Å². The lowest BCUT2D eigenvalue weighted by Gasteiger charge is -2.45. The molecule has 0 spiro atoms. The average molecular weight is 407 g/mol. The van der Waals surface area contributed by atoms with E-state index in [1.54, 1.807) is 0 Å². The fourth-order valence-electron chi connectivity index (χ4n) is 4.40. The Morgan fingerprint density at radius 1 is 1.15 bits per heavy atom. The molecule has 2 N–H and O–H groups in total. The van der Waals surface area contributed by atoms with Gasteiger partial charge < -0.3 is 10.5 Å². The fraction of sp³-hybridized carbons (Fsp3) is 0.455. The lowest BCUT2D eigenvalue weighted by molar-refractivity contribution is 0.0876. The van der Waals surface area contributed by atoms with Gasteiger partial charge in [0.15, 0.2) is 0 Å². The summed E-state index contributed by atoms with van der Waals surface area (Å²) in [7, 11) is 0. The van der Waals surface area contributed by atoms with Gasteiger partial charge in [-0.15, -0.1) is 12.4 Å². The molecule has 0 amide bonds. The molecule has 2 atom stereocenters. The first kappa shape index (κ1) is 20.5. The second-order valence-electron chi connectivity index (χ2n) is 7.43. The molecule has 1 saturated heterocycles. The Bertz CT molecular complexity index is 764. The molecule has 1 fully saturated rings. The van der Waals surface area contributed by atoms with Crippen molar-refractivity contribution in [2.45, 2.75) is 37.6 Å². The normalized spacial score (nSPS) is 21.7. The van der Waals surface area contributed by atoms with Gasteiger partial charge in [-0.1, -0.05) is 29.8 Å². The third-order valence-corrected chi connectivity index (χ3v) is 6.02. The number of ether oxygens (including phenoxy) is 1. The van der Waals surface area contributed by atoms with Gasteiger partial charge in [0.25, 0.3) is 0 Å². The molecule has 1 aliphatic heterocycles. The number of rotatable bonds is 6. The Labute approximate surface area is 173 Å². The molecule has 146 valence electrons. The highest BCUT2D eigenvalue weighted by Gasteiger charge is 2.36.